The van der Waals surface area contributed by atoms with Crippen LogP contribution in [0.4, 0.5) is 21.9 Å². The average molecular weight is 773 g/mol. The van der Waals surface area contributed by atoms with E-state index in [1.807, 2.05) is 41.3 Å². The van der Waals surface area contributed by atoms with Gasteiger partial charge in [0.1, 0.15) is 6.04 Å². The number of imide groups is 2. The van der Waals surface area contributed by atoms with Crippen LogP contribution in [0.15, 0.2) is 72.9 Å². The number of carbonyl (C=O) groups is 7. The molecule has 15 heteroatoms. The number of Topliss-reactive ketones (excluding diaryl/α,β-unsaturated/α-hetero) is 1. The number of carbonyl (C=O) groups excluding carboxylic acids is 7. The number of para-hydroxylation sites is 1. The number of hydrogen-bond donors (Lipinski definition) is 5. The Labute approximate surface area is 328 Å². The molecule has 3 aliphatic rings. The minimum atomic E-state index is -1.07. The first-order valence-electron chi connectivity index (χ1n) is 19.3. The molecule has 0 radical (unpaired) electrons. The minimum absolute atomic E-state index is 0.0280. The smallest absolute Gasteiger partial charge is 0.317 e. The van der Waals surface area contributed by atoms with E-state index >= 15 is 0 Å². The number of likely N-dealkylation sites (tertiary alicyclic amines) is 1. The van der Waals surface area contributed by atoms with Crippen LogP contribution in [0.5, 0.6) is 0 Å². The number of piperidine rings is 2. The molecular formula is C42H44N8O7. The molecule has 3 aromatic carbocycles. The van der Waals surface area contributed by atoms with Crippen LogP contribution in [0.25, 0.3) is 10.9 Å². The van der Waals surface area contributed by atoms with Crippen LogP contribution in [-0.4, -0.2) is 88.4 Å². The summed E-state index contributed by atoms with van der Waals surface area (Å²) in [5.41, 5.74) is 9.91. The number of primary amides is 1. The standard InChI is InChI=1S/C42H44N8O7/c43-38(53)31-24-46-32-14-13-26(22-30(32)37(31)47-27-8-3-1-4-9-27)25-17-20-49(21-18-25)42(57)44-19-6-2-5-10-28(51)23-45-33-12-7-11-29-36(33)41(56)50(40(29)55)34-15-16-35(52)48-39(34)54/h1,3-4,7-9,11-14,22,24-25,34,45H,2,5-6,10,15-21,23H2,(H2,43,53)(H,44,57)(H,46,47)(H,48,52,54). The Kier molecular flexibility index (Phi) is 11.5. The molecule has 4 heterocycles. The van der Waals surface area contributed by atoms with Crippen LogP contribution in [0.1, 0.15) is 93.9 Å². The number of hydrogen-bond acceptors (Lipinski definition) is 10. The number of nitrogens with one attached hydrogen (secondary N) is 4. The average Bonchev–Trinajstić information content (AvgIpc) is 3.47. The van der Waals surface area contributed by atoms with Crippen molar-refractivity contribution in [3.63, 3.8) is 0 Å². The zero-order valence-corrected chi connectivity index (χ0v) is 31.3. The summed E-state index contributed by atoms with van der Waals surface area (Å²) in [6.45, 7) is 1.64. The fourth-order valence-electron chi connectivity index (χ4n) is 7.74. The van der Waals surface area contributed by atoms with E-state index < -0.39 is 35.6 Å². The van der Waals surface area contributed by atoms with E-state index in [1.54, 1.807) is 12.1 Å². The van der Waals surface area contributed by atoms with Crippen molar-refractivity contribution in [1.29, 1.82) is 0 Å². The molecule has 7 amide bonds. The number of fused-ring (bicyclic) bond motifs is 2. The first-order chi connectivity index (χ1) is 27.6. The summed E-state index contributed by atoms with van der Waals surface area (Å²) in [4.78, 5) is 95.5. The third-order valence-electron chi connectivity index (χ3n) is 10.8. The van der Waals surface area contributed by atoms with Crippen molar-refractivity contribution in [1.82, 2.24) is 25.4 Å². The van der Waals surface area contributed by atoms with E-state index in [-0.39, 0.29) is 48.2 Å². The number of ketones is 1. The summed E-state index contributed by atoms with van der Waals surface area (Å²) in [6.07, 6.45) is 5.53. The number of aromatic nitrogens is 1. The number of rotatable bonds is 14. The van der Waals surface area contributed by atoms with Crippen molar-refractivity contribution < 1.29 is 33.6 Å². The summed E-state index contributed by atoms with van der Waals surface area (Å²) in [5.74, 6) is -2.78. The van der Waals surface area contributed by atoms with Gasteiger partial charge in [-0.2, -0.15) is 0 Å². The SMILES string of the molecule is NC(=O)c1cnc2ccc(C3CCN(C(=O)NCCCCCC(=O)CNc4cccc5c4C(=O)N(C4CCC(=O)NC4=O)C5=O)CC3)cc2c1Nc1ccccc1. The van der Waals surface area contributed by atoms with Crippen molar-refractivity contribution in [2.75, 3.05) is 36.8 Å². The minimum Gasteiger partial charge on any atom is -0.377 e. The summed E-state index contributed by atoms with van der Waals surface area (Å²) < 4.78 is 0. The van der Waals surface area contributed by atoms with Gasteiger partial charge in [-0.05, 0) is 80.0 Å². The zero-order chi connectivity index (χ0) is 40.1. The van der Waals surface area contributed by atoms with Crippen LogP contribution >= 0.6 is 0 Å². The van der Waals surface area contributed by atoms with Crippen molar-refractivity contribution in [2.45, 2.75) is 63.3 Å². The third-order valence-corrected chi connectivity index (χ3v) is 10.8. The molecule has 0 spiro atoms. The maximum absolute atomic E-state index is 13.3. The van der Waals surface area contributed by atoms with E-state index in [2.05, 4.69) is 38.4 Å². The number of amides is 7. The van der Waals surface area contributed by atoms with Crippen LogP contribution < -0.4 is 27.0 Å². The van der Waals surface area contributed by atoms with Gasteiger partial charge in [-0.15, -0.1) is 0 Å². The van der Waals surface area contributed by atoms with E-state index in [0.29, 0.717) is 55.8 Å². The van der Waals surface area contributed by atoms with Crippen molar-refractivity contribution in [2.24, 2.45) is 5.73 Å². The van der Waals surface area contributed by atoms with Gasteiger partial charge in [-0.1, -0.05) is 36.8 Å². The van der Waals surface area contributed by atoms with Crippen molar-refractivity contribution >= 4 is 69.3 Å². The predicted molar refractivity (Wildman–Crippen MR) is 212 cm³/mol. The van der Waals surface area contributed by atoms with Gasteiger partial charge in [0.15, 0.2) is 5.78 Å². The van der Waals surface area contributed by atoms with Crippen LogP contribution in [-0.2, 0) is 14.4 Å². The lowest BCUT2D eigenvalue weighted by Gasteiger charge is -2.32. The molecule has 0 saturated carbocycles. The number of urea groups is 1. The van der Waals surface area contributed by atoms with E-state index in [9.17, 15) is 33.6 Å². The van der Waals surface area contributed by atoms with E-state index in [0.717, 1.165) is 46.3 Å². The largest absolute Gasteiger partial charge is 0.377 e. The molecule has 7 rings (SSSR count). The van der Waals surface area contributed by atoms with Gasteiger partial charge in [-0.25, -0.2) is 4.79 Å². The zero-order valence-electron chi connectivity index (χ0n) is 31.3. The molecule has 2 fully saturated rings. The number of unbranched alkanes of at least 4 members (excludes halogenated alkanes) is 2. The fourth-order valence-corrected chi connectivity index (χ4v) is 7.74. The maximum atomic E-state index is 13.3. The lowest BCUT2D eigenvalue weighted by molar-refractivity contribution is -0.136. The highest BCUT2D eigenvalue weighted by Crippen LogP contribution is 2.35. The molecule has 2 saturated heterocycles. The molecule has 294 valence electrons. The van der Waals surface area contributed by atoms with Crippen molar-refractivity contribution in [3.8, 4) is 0 Å². The second-order valence-electron chi connectivity index (χ2n) is 14.6. The molecule has 0 aliphatic carbocycles. The molecule has 1 atom stereocenters. The van der Waals surface area contributed by atoms with Gasteiger partial charge in [0.2, 0.25) is 11.8 Å². The molecule has 57 heavy (non-hydrogen) atoms. The lowest BCUT2D eigenvalue weighted by Crippen LogP contribution is -2.54. The van der Waals surface area contributed by atoms with Crippen molar-refractivity contribution in [3.05, 3.63) is 95.2 Å². The second-order valence-corrected chi connectivity index (χ2v) is 14.6. The Hall–Kier alpha value is -6.64. The molecule has 1 aromatic heterocycles. The predicted octanol–water partition coefficient (Wildman–Crippen LogP) is 4.61. The van der Waals surface area contributed by atoms with Gasteiger partial charge in [0.25, 0.3) is 17.7 Å². The normalized spacial score (nSPS) is 17.0. The summed E-state index contributed by atoms with van der Waals surface area (Å²) in [6, 6.07) is 19.2. The van der Waals surface area contributed by atoms with Crippen LogP contribution in [0.3, 0.4) is 0 Å². The Balaban J connectivity index is 0.832. The van der Waals surface area contributed by atoms with Crippen LogP contribution in [0, 0.1) is 0 Å². The highest BCUT2D eigenvalue weighted by atomic mass is 16.2. The summed E-state index contributed by atoms with van der Waals surface area (Å²) in [7, 11) is 0. The van der Waals surface area contributed by atoms with Gasteiger partial charge in [0.05, 0.1) is 34.4 Å². The number of benzene rings is 3. The van der Waals surface area contributed by atoms with Gasteiger partial charge in [0, 0.05) is 55.4 Å². The Bertz CT molecular complexity index is 2250. The first-order valence-corrected chi connectivity index (χ1v) is 19.3. The number of nitrogens with zero attached hydrogens (tertiary/aromatic N) is 3. The highest BCUT2D eigenvalue weighted by Gasteiger charge is 2.45. The van der Waals surface area contributed by atoms with Crippen LogP contribution in [0.2, 0.25) is 0 Å². The molecule has 1 unspecified atom stereocenters. The molecule has 3 aliphatic heterocycles. The first kappa shape index (κ1) is 38.6. The van der Waals surface area contributed by atoms with Gasteiger partial charge in [-0.3, -0.25) is 44.0 Å². The third kappa shape index (κ3) is 8.47. The molecular weight excluding hydrogens is 729 g/mol. The van der Waals surface area contributed by atoms with E-state index in [4.69, 9.17) is 5.73 Å². The number of pyridine rings is 1. The monoisotopic (exact) mass is 772 g/mol. The second kappa shape index (κ2) is 17.0. The fraction of sp³-hybridized carbons (Fsp3) is 0.333. The number of nitrogens with two attached hydrogens (primary N) is 1. The topological polar surface area (TPSA) is 213 Å². The number of anilines is 3. The Morgan fingerprint density at radius 3 is 2.42 bits per heavy atom. The lowest BCUT2D eigenvalue weighted by atomic mass is 9.88. The molecule has 4 aromatic rings. The Morgan fingerprint density at radius 1 is 0.877 bits per heavy atom. The summed E-state index contributed by atoms with van der Waals surface area (Å²) in [5, 5.41) is 12.3. The highest BCUT2D eigenvalue weighted by molar-refractivity contribution is 6.25. The molecule has 0 bridgehead atoms. The Morgan fingerprint density at radius 2 is 1.67 bits per heavy atom. The molecule has 15 nitrogen and oxygen atoms in total. The summed E-state index contributed by atoms with van der Waals surface area (Å²) >= 11 is 0. The molecule has 6 N–H and O–H groups in total. The quantitative estimate of drug-likeness (QED) is 0.0887. The van der Waals surface area contributed by atoms with Gasteiger partial charge >= 0.3 is 6.03 Å². The maximum Gasteiger partial charge on any atom is 0.317 e. The van der Waals surface area contributed by atoms with Gasteiger partial charge < -0.3 is 26.6 Å². The van der Waals surface area contributed by atoms with E-state index in [1.165, 1.54) is 12.3 Å².